The zero-order valence-electron chi connectivity index (χ0n) is 18.8. The molecule has 0 aliphatic carbocycles. The zero-order chi connectivity index (χ0) is 25.3. The Balaban J connectivity index is 1.61. The van der Waals surface area contributed by atoms with Crippen LogP contribution in [-0.4, -0.2) is 62.6 Å². The third-order valence-corrected chi connectivity index (χ3v) is 7.76. The second kappa shape index (κ2) is 6.90. The van der Waals surface area contributed by atoms with Crippen molar-refractivity contribution in [3.63, 3.8) is 0 Å². The molecule has 11 heteroatoms. The fourth-order valence-electron chi connectivity index (χ4n) is 6.25. The van der Waals surface area contributed by atoms with Crippen molar-refractivity contribution in [2.24, 2.45) is 0 Å². The average molecular weight is 505 g/mol. The van der Waals surface area contributed by atoms with Gasteiger partial charge >= 0.3 is 0 Å². The molecule has 3 aliphatic rings. The molecule has 0 saturated carbocycles. The summed E-state index contributed by atoms with van der Waals surface area (Å²) in [6, 6.07) is 8.09. The van der Waals surface area contributed by atoms with Gasteiger partial charge in [0, 0.05) is 27.1 Å². The molecule has 186 valence electrons. The highest BCUT2D eigenvalue weighted by atomic mass is 19.1. The van der Waals surface area contributed by atoms with Crippen LogP contribution in [0.1, 0.15) is 26.9 Å². The summed E-state index contributed by atoms with van der Waals surface area (Å²) in [5, 5.41) is 25.3. The lowest BCUT2D eigenvalue weighted by molar-refractivity contribution is -0.192. The lowest BCUT2D eigenvalue weighted by Gasteiger charge is -2.36. The Morgan fingerprint density at radius 1 is 0.919 bits per heavy atom. The Kier molecular flexibility index (Phi) is 3.95. The van der Waals surface area contributed by atoms with Crippen molar-refractivity contribution in [1.29, 1.82) is 0 Å². The minimum Gasteiger partial charge on any atom is -0.387 e. The van der Waals surface area contributed by atoms with Gasteiger partial charge in [-0.1, -0.05) is 0 Å². The topological polar surface area (TPSA) is 126 Å². The zero-order valence-corrected chi connectivity index (χ0v) is 18.8. The number of imide groups is 1. The quantitative estimate of drug-likeness (QED) is 0.260. The number of aliphatic hydroxyl groups is 2. The molecular weight excluding hydrogens is 488 g/mol. The summed E-state index contributed by atoms with van der Waals surface area (Å²) in [6.07, 6.45) is -5.03. The van der Waals surface area contributed by atoms with Gasteiger partial charge in [-0.3, -0.25) is 14.9 Å². The van der Waals surface area contributed by atoms with E-state index in [0.717, 1.165) is 0 Å². The highest BCUT2D eigenvalue weighted by Gasteiger charge is 2.51. The maximum absolute atomic E-state index is 14.6. The Hall–Kier alpha value is -3.90. The van der Waals surface area contributed by atoms with Crippen LogP contribution in [0, 0.1) is 11.6 Å². The summed E-state index contributed by atoms with van der Waals surface area (Å²) in [5.74, 6) is -2.39. The number of hydrogen-bond acceptors (Lipinski definition) is 6. The van der Waals surface area contributed by atoms with Gasteiger partial charge in [-0.05, 0) is 36.4 Å². The molecule has 2 aromatic heterocycles. The summed E-state index contributed by atoms with van der Waals surface area (Å²) in [5.41, 5.74) is 1.82. The van der Waals surface area contributed by atoms with Crippen LogP contribution in [0.4, 0.5) is 8.78 Å². The fraction of sp³-hybridized carbons (Fsp3) is 0.231. The van der Waals surface area contributed by atoms with Crippen LogP contribution in [0.5, 0.6) is 0 Å². The van der Waals surface area contributed by atoms with Gasteiger partial charge in [-0.2, -0.15) is 0 Å². The summed E-state index contributed by atoms with van der Waals surface area (Å²) >= 11 is 0. The second-order valence-electron chi connectivity index (χ2n) is 9.70. The molecule has 8 rings (SSSR count). The van der Waals surface area contributed by atoms with Crippen molar-refractivity contribution in [3.8, 4) is 0 Å². The standard InChI is InChI=1S/C26H17F2N3O6/c27-8-1-3-12-10(5-8)15-17-18(25(35)30-24(17)34)16-11-6-9(28)2-4-13(11)31(20(16)19(15)29-12)26-22(33)23-21(32)14(37-26)7-36-23/h1-6,14,21-23,26,29,32-33H,7H2,(H,30,34,35)/t14-,21?,22+,23-,26+/m0/s1. The fourth-order valence-corrected chi connectivity index (χ4v) is 6.25. The number of benzene rings is 3. The van der Waals surface area contributed by atoms with Gasteiger partial charge in [0.2, 0.25) is 0 Å². The number of aromatic nitrogens is 2. The SMILES string of the molecule is O=C1NC(=O)c2c1c1c3cc(F)ccc3[nH]c1c1c2c2cc(F)ccc2n1[C@@H]1O[C@H]2CO[C@@H](C2O)[C@H]1O. The van der Waals surface area contributed by atoms with E-state index in [1.807, 2.05) is 0 Å². The van der Waals surface area contributed by atoms with E-state index in [9.17, 15) is 28.6 Å². The Labute approximate surface area is 205 Å². The molecule has 2 fully saturated rings. The van der Waals surface area contributed by atoms with Crippen molar-refractivity contribution in [2.45, 2.75) is 30.6 Å². The molecule has 2 bridgehead atoms. The first kappa shape index (κ1) is 21.2. The number of nitrogens with zero attached hydrogens (tertiary/aromatic N) is 1. The van der Waals surface area contributed by atoms with E-state index in [2.05, 4.69) is 10.3 Å². The number of hydrogen-bond donors (Lipinski definition) is 4. The van der Waals surface area contributed by atoms with Crippen LogP contribution >= 0.6 is 0 Å². The average Bonchev–Trinajstić information content (AvgIpc) is 3.55. The number of amides is 2. The van der Waals surface area contributed by atoms with Crippen molar-refractivity contribution in [2.75, 3.05) is 6.61 Å². The molecule has 9 nitrogen and oxygen atoms in total. The monoisotopic (exact) mass is 505 g/mol. The number of halogens is 2. The van der Waals surface area contributed by atoms with Gasteiger partial charge in [0.1, 0.15) is 36.1 Å². The van der Waals surface area contributed by atoms with Gasteiger partial charge < -0.3 is 29.2 Å². The van der Waals surface area contributed by atoms with Crippen LogP contribution in [0.3, 0.4) is 0 Å². The first-order valence-electron chi connectivity index (χ1n) is 11.7. The van der Waals surface area contributed by atoms with Gasteiger partial charge in [-0.15, -0.1) is 0 Å². The molecule has 0 spiro atoms. The van der Waals surface area contributed by atoms with Gasteiger partial charge in [0.05, 0.1) is 34.3 Å². The highest BCUT2D eigenvalue weighted by molar-refractivity contribution is 6.39. The molecule has 5 heterocycles. The molecule has 5 atom stereocenters. The van der Waals surface area contributed by atoms with E-state index in [1.54, 1.807) is 4.57 Å². The van der Waals surface area contributed by atoms with E-state index in [1.165, 1.54) is 36.4 Å². The van der Waals surface area contributed by atoms with Crippen molar-refractivity contribution in [3.05, 3.63) is 59.2 Å². The van der Waals surface area contributed by atoms with Gasteiger partial charge in [0.25, 0.3) is 11.8 Å². The minimum absolute atomic E-state index is 0.0385. The molecular formula is C26H17F2N3O6. The largest absolute Gasteiger partial charge is 0.387 e. The third kappa shape index (κ3) is 2.54. The smallest absolute Gasteiger partial charge is 0.259 e. The predicted octanol–water partition coefficient (Wildman–Crippen LogP) is 2.61. The second-order valence-corrected chi connectivity index (χ2v) is 9.70. The first-order chi connectivity index (χ1) is 17.8. The van der Waals surface area contributed by atoms with Crippen LogP contribution in [-0.2, 0) is 9.47 Å². The molecule has 3 aromatic carbocycles. The molecule has 2 amide bonds. The van der Waals surface area contributed by atoms with E-state index < -0.39 is 54.1 Å². The summed E-state index contributed by atoms with van der Waals surface area (Å²) in [4.78, 5) is 29.4. The number of carbonyl (C=O) groups excluding carboxylic acids is 2. The van der Waals surface area contributed by atoms with E-state index >= 15 is 0 Å². The van der Waals surface area contributed by atoms with Crippen LogP contribution in [0.25, 0.3) is 43.6 Å². The van der Waals surface area contributed by atoms with Crippen molar-refractivity contribution < 1.29 is 38.1 Å². The number of carbonyl (C=O) groups is 2. The maximum Gasteiger partial charge on any atom is 0.259 e. The summed E-state index contributed by atoms with van der Waals surface area (Å²) in [7, 11) is 0. The Morgan fingerprint density at radius 3 is 2.41 bits per heavy atom. The first-order valence-corrected chi connectivity index (χ1v) is 11.7. The van der Waals surface area contributed by atoms with E-state index in [0.29, 0.717) is 43.6 Å². The van der Waals surface area contributed by atoms with E-state index in [4.69, 9.17) is 9.47 Å². The third-order valence-electron chi connectivity index (χ3n) is 7.76. The molecule has 2 saturated heterocycles. The highest BCUT2D eigenvalue weighted by Crippen LogP contribution is 2.47. The lowest BCUT2D eigenvalue weighted by atomic mass is 9.96. The van der Waals surface area contributed by atoms with Gasteiger partial charge in [0.15, 0.2) is 6.23 Å². The number of H-pyrrole nitrogens is 1. The Morgan fingerprint density at radius 2 is 1.62 bits per heavy atom. The molecule has 37 heavy (non-hydrogen) atoms. The van der Waals surface area contributed by atoms with Crippen molar-refractivity contribution in [1.82, 2.24) is 14.9 Å². The van der Waals surface area contributed by atoms with Crippen LogP contribution in [0.15, 0.2) is 36.4 Å². The molecule has 0 radical (unpaired) electrons. The minimum atomic E-state index is -1.31. The molecule has 3 aliphatic heterocycles. The number of aromatic amines is 1. The van der Waals surface area contributed by atoms with E-state index in [-0.39, 0.29) is 17.7 Å². The predicted molar refractivity (Wildman–Crippen MR) is 126 cm³/mol. The van der Waals surface area contributed by atoms with Crippen molar-refractivity contribution >= 4 is 55.4 Å². The molecule has 1 unspecified atom stereocenters. The Bertz CT molecular complexity index is 1880. The normalized spacial score (nSPS) is 27.2. The molecule has 5 aromatic rings. The van der Waals surface area contributed by atoms with Gasteiger partial charge in [-0.25, -0.2) is 8.78 Å². The number of fused-ring (bicyclic) bond motifs is 12. The molecule has 4 N–H and O–H groups in total. The number of aliphatic hydroxyl groups excluding tert-OH is 2. The summed E-state index contributed by atoms with van der Waals surface area (Å²) < 4.78 is 42.2. The summed E-state index contributed by atoms with van der Waals surface area (Å²) in [6.45, 7) is 0.0819. The number of ether oxygens (including phenoxy) is 2. The van der Waals surface area contributed by atoms with Crippen LogP contribution < -0.4 is 5.32 Å². The van der Waals surface area contributed by atoms with Crippen LogP contribution in [0.2, 0.25) is 0 Å². The lowest BCUT2D eigenvalue weighted by Crippen LogP contribution is -2.50. The number of rotatable bonds is 1. The number of nitrogens with one attached hydrogen (secondary N) is 2. The maximum atomic E-state index is 14.6.